The fraction of sp³-hybridized carbons (Fsp3) is 0.400. The van der Waals surface area contributed by atoms with Gasteiger partial charge in [-0.3, -0.25) is 4.98 Å². The number of pyridine rings is 1. The van der Waals surface area contributed by atoms with Gasteiger partial charge >= 0.3 is 0 Å². The fourth-order valence-corrected chi connectivity index (χ4v) is 2.69. The van der Waals surface area contributed by atoms with Crippen molar-refractivity contribution in [2.45, 2.75) is 26.0 Å². The van der Waals surface area contributed by atoms with Crippen molar-refractivity contribution in [3.8, 4) is 0 Å². The molecule has 0 radical (unpaired) electrons. The second-order valence-corrected chi connectivity index (χ2v) is 5.24. The zero-order chi connectivity index (χ0) is 13.4. The van der Waals surface area contributed by atoms with E-state index < -0.39 is 0 Å². The average Bonchev–Trinajstić information content (AvgIpc) is 2.43. The Kier molecular flexibility index (Phi) is 3.03. The van der Waals surface area contributed by atoms with Crippen LogP contribution in [0.25, 0.3) is 10.8 Å². The van der Waals surface area contributed by atoms with Crippen molar-refractivity contribution in [1.82, 2.24) is 4.98 Å². The molecule has 2 unspecified atom stereocenters. The first kappa shape index (κ1) is 12.2. The quantitative estimate of drug-likeness (QED) is 0.797. The molecule has 1 aromatic carbocycles. The summed E-state index contributed by atoms with van der Waals surface area (Å²) in [5.41, 5.74) is 8.03. The molecule has 0 spiro atoms. The van der Waals surface area contributed by atoms with Gasteiger partial charge in [0.05, 0.1) is 12.7 Å². The van der Waals surface area contributed by atoms with Gasteiger partial charge in [-0.2, -0.15) is 0 Å². The zero-order valence-electron chi connectivity index (χ0n) is 11.3. The van der Waals surface area contributed by atoms with Crippen molar-refractivity contribution in [3.63, 3.8) is 0 Å². The minimum absolute atomic E-state index is 0.255. The Balaban J connectivity index is 2.12. The van der Waals surface area contributed by atoms with Crippen LogP contribution < -0.4 is 10.6 Å². The van der Waals surface area contributed by atoms with Crippen LogP contribution >= 0.6 is 0 Å². The first-order chi connectivity index (χ1) is 9.16. The fourth-order valence-electron chi connectivity index (χ4n) is 2.69. The molecule has 2 atom stereocenters. The molecule has 1 aliphatic heterocycles. The zero-order valence-corrected chi connectivity index (χ0v) is 11.3. The number of fused-ring (bicyclic) bond motifs is 1. The molecule has 0 amide bonds. The molecule has 2 heterocycles. The Bertz CT molecular complexity index is 599. The van der Waals surface area contributed by atoms with Crippen molar-refractivity contribution in [2.75, 3.05) is 23.8 Å². The van der Waals surface area contributed by atoms with Crippen LogP contribution in [0.3, 0.4) is 0 Å². The van der Waals surface area contributed by atoms with Crippen LogP contribution in [0.15, 0.2) is 30.6 Å². The van der Waals surface area contributed by atoms with Gasteiger partial charge in [0.1, 0.15) is 0 Å². The van der Waals surface area contributed by atoms with Crippen molar-refractivity contribution in [3.05, 3.63) is 30.6 Å². The molecule has 0 aliphatic carbocycles. The van der Waals surface area contributed by atoms with E-state index in [0.717, 1.165) is 29.6 Å². The second kappa shape index (κ2) is 4.70. The number of nitrogens with zero attached hydrogens (tertiary/aromatic N) is 2. The summed E-state index contributed by atoms with van der Waals surface area (Å²) in [7, 11) is 0. The Morgan fingerprint density at radius 1 is 1.26 bits per heavy atom. The van der Waals surface area contributed by atoms with Crippen LogP contribution in [-0.2, 0) is 4.74 Å². The number of anilines is 2. The van der Waals surface area contributed by atoms with E-state index in [2.05, 4.69) is 29.8 Å². The number of benzene rings is 1. The Morgan fingerprint density at radius 3 is 2.95 bits per heavy atom. The lowest BCUT2D eigenvalue weighted by atomic mass is 10.1. The van der Waals surface area contributed by atoms with Gasteiger partial charge in [-0.05, 0) is 32.0 Å². The molecule has 0 bridgehead atoms. The molecule has 2 aromatic rings. The summed E-state index contributed by atoms with van der Waals surface area (Å²) >= 11 is 0. The number of morpholine rings is 1. The van der Waals surface area contributed by atoms with Gasteiger partial charge in [0.25, 0.3) is 0 Å². The molecule has 4 nitrogen and oxygen atoms in total. The monoisotopic (exact) mass is 257 g/mol. The Labute approximate surface area is 113 Å². The van der Waals surface area contributed by atoms with Crippen LogP contribution in [0.2, 0.25) is 0 Å². The maximum absolute atomic E-state index is 6.03. The molecule has 1 aliphatic rings. The van der Waals surface area contributed by atoms with Gasteiger partial charge in [-0.15, -0.1) is 0 Å². The highest BCUT2D eigenvalue weighted by Gasteiger charge is 2.24. The third kappa shape index (κ3) is 2.12. The number of nitrogen functional groups attached to an aromatic ring is 1. The van der Waals surface area contributed by atoms with Crippen LogP contribution in [0.4, 0.5) is 11.4 Å². The number of aromatic nitrogens is 1. The van der Waals surface area contributed by atoms with Crippen LogP contribution in [0.1, 0.15) is 13.8 Å². The summed E-state index contributed by atoms with van der Waals surface area (Å²) < 4.78 is 5.70. The summed E-state index contributed by atoms with van der Waals surface area (Å²) in [5.74, 6) is 0. The predicted octanol–water partition coefficient (Wildman–Crippen LogP) is 2.43. The van der Waals surface area contributed by atoms with Crippen molar-refractivity contribution in [2.24, 2.45) is 0 Å². The van der Waals surface area contributed by atoms with Crippen molar-refractivity contribution < 1.29 is 4.74 Å². The van der Waals surface area contributed by atoms with E-state index in [1.165, 1.54) is 5.69 Å². The number of rotatable bonds is 1. The van der Waals surface area contributed by atoms with Gasteiger partial charge in [-0.25, -0.2) is 0 Å². The maximum atomic E-state index is 6.03. The lowest BCUT2D eigenvalue weighted by Gasteiger charge is -2.39. The Morgan fingerprint density at radius 2 is 2.11 bits per heavy atom. The first-order valence-electron chi connectivity index (χ1n) is 6.67. The van der Waals surface area contributed by atoms with Crippen molar-refractivity contribution in [1.29, 1.82) is 0 Å². The number of nitrogens with two attached hydrogens (primary N) is 1. The largest absolute Gasteiger partial charge is 0.398 e. The van der Waals surface area contributed by atoms with E-state index in [-0.39, 0.29) is 6.10 Å². The topological polar surface area (TPSA) is 51.4 Å². The number of ether oxygens (including phenoxy) is 1. The SMILES string of the molecule is CC1CN(c2ccc(N)c3cnccc23)C(C)CO1. The van der Waals surface area contributed by atoms with E-state index in [0.29, 0.717) is 6.04 Å². The van der Waals surface area contributed by atoms with Gasteiger partial charge in [0.15, 0.2) is 0 Å². The molecular weight excluding hydrogens is 238 g/mol. The van der Waals surface area contributed by atoms with Gasteiger partial charge in [0.2, 0.25) is 0 Å². The summed E-state index contributed by atoms with van der Waals surface area (Å²) in [6.45, 7) is 5.97. The molecule has 2 N–H and O–H groups in total. The average molecular weight is 257 g/mol. The third-order valence-electron chi connectivity index (χ3n) is 3.75. The maximum Gasteiger partial charge on any atom is 0.0723 e. The standard InChI is InChI=1S/C15H19N3O/c1-10-9-19-11(2)8-18(10)15-4-3-14(16)13-7-17-6-5-12(13)15/h3-7,10-11H,8-9,16H2,1-2H3. The van der Waals surface area contributed by atoms with Gasteiger partial charge in [-0.1, -0.05) is 0 Å². The lowest BCUT2D eigenvalue weighted by Crippen LogP contribution is -2.47. The lowest BCUT2D eigenvalue weighted by molar-refractivity contribution is 0.0345. The molecule has 19 heavy (non-hydrogen) atoms. The highest BCUT2D eigenvalue weighted by atomic mass is 16.5. The molecule has 0 saturated carbocycles. The summed E-state index contributed by atoms with van der Waals surface area (Å²) in [4.78, 5) is 6.57. The van der Waals surface area contributed by atoms with Gasteiger partial charge in [0, 0.05) is 47.1 Å². The van der Waals surface area contributed by atoms with E-state index in [1.807, 2.05) is 24.5 Å². The highest BCUT2D eigenvalue weighted by Crippen LogP contribution is 2.32. The normalized spacial score (nSPS) is 23.8. The summed E-state index contributed by atoms with van der Waals surface area (Å²) in [6, 6.07) is 6.47. The Hall–Kier alpha value is -1.81. The molecular formula is C15H19N3O. The van der Waals surface area contributed by atoms with Crippen LogP contribution in [0, 0.1) is 0 Å². The molecule has 3 rings (SSSR count). The second-order valence-electron chi connectivity index (χ2n) is 5.24. The minimum Gasteiger partial charge on any atom is -0.398 e. The smallest absolute Gasteiger partial charge is 0.0723 e. The number of hydrogen-bond donors (Lipinski definition) is 1. The van der Waals surface area contributed by atoms with Crippen LogP contribution in [0.5, 0.6) is 0 Å². The van der Waals surface area contributed by atoms with E-state index >= 15 is 0 Å². The summed E-state index contributed by atoms with van der Waals surface area (Å²) in [6.07, 6.45) is 3.91. The molecule has 100 valence electrons. The molecule has 1 fully saturated rings. The van der Waals surface area contributed by atoms with E-state index in [4.69, 9.17) is 10.5 Å². The third-order valence-corrected chi connectivity index (χ3v) is 3.75. The minimum atomic E-state index is 0.255. The van der Waals surface area contributed by atoms with E-state index in [1.54, 1.807) is 0 Å². The molecule has 4 heteroatoms. The predicted molar refractivity (Wildman–Crippen MR) is 78.4 cm³/mol. The molecule has 1 aromatic heterocycles. The van der Waals surface area contributed by atoms with E-state index in [9.17, 15) is 0 Å². The van der Waals surface area contributed by atoms with Crippen LogP contribution in [-0.4, -0.2) is 30.3 Å². The highest BCUT2D eigenvalue weighted by molar-refractivity contribution is 6.00. The number of hydrogen-bond acceptors (Lipinski definition) is 4. The molecule has 1 saturated heterocycles. The first-order valence-corrected chi connectivity index (χ1v) is 6.67. The van der Waals surface area contributed by atoms with Crippen molar-refractivity contribution >= 4 is 22.1 Å². The van der Waals surface area contributed by atoms with Gasteiger partial charge < -0.3 is 15.4 Å². The summed E-state index contributed by atoms with van der Waals surface area (Å²) in [5, 5.41) is 2.18.